The fourth-order valence-electron chi connectivity index (χ4n) is 1.87. The average molecular weight is 289 g/mol. The summed E-state index contributed by atoms with van der Waals surface area (Å²) in [5.41, 5.74) is 1.04. The fraction of sp³-hybridized carbons (Fsp3) is 0.500. The van der Waals surface area contributed by atoms with Crippen LogP contribution in [0.3, 0.4) is 0 Å². The van der Waals surface area contributed by atoms with E-state index in [0.29, 0.717) is 23.5 Å². The van der Waals surface area contributed by atoms with Crippen molar-refractivity contribution in [3.05, 3.63) is 29.3 Å². The predicted molar refractivity (Wildman–Crippen MR) is 70.0 cm³/mol. The molecule has 1 aromatic carbocycles. The van der Waals surface area contributed by atoms with E-state index in [1.54, 1.807) is 25.1 Å². The lowest BCUT2D eigenvalue weighted by molar-refractivity contribution is -0.144. The minimum absolute atomic E-state index is 0.0654. The maximum atomic E-state index is 12.3. The molecule has 0 unspecified atom stereocenters. The number of Topliss-reactive ketones (excluding diaryl/α,β-unsaturated/α-hetero) is 1. The van der Waals surface area contributed by atoms with Crippen molar-refractivity contribution in [1.29, 1.82) is 0 Å². The Balaban J connectivity index is 2.94. The topological polar surface area (TPSA) is 29.5 Å². The van der Waals surface area contributed by atoms with Crippen LogP contribution in [-0.4, -0.2) is 37.1 Å². The highest BCUT2D eigenvalue weighted by molar-refractivity contribution is 5.94. The molecular formula is C14H18F3NO2. The van der Waals surface area contributed by atoms with Gasteiger partial charge in [-0.05, 0) is 39.1 Å². The Bertz CT molecular complexity index is 472. The molecule has 0 aliphatic carbocycles. The summed E-state index contributed by atoms with van der Waals surface area (Å²) in [4.78, 5) is 12.5. The lowest BCUT2D eigenvalue weighted by atomic mass is 10.1. The summed E-state index contributed by atoms with van der Waals surface area (Å²) in [5, 5.41) is 0. The van der Waals surface area contributed by atoms with Gasteiger partial charge >= 0.3 is 6.18 Å². The van der Waals surface area contributed by atoms with Crippen LogP contribution in [0.5, 0.6) is 5.75 Å². The number of carbonyl (C=O) groups is 1. The fourth-order valence-corrected chi connectivity index (χ4v) is 1.87. The zero-order chi connectivity index (χ0) is 15.3. The van der Waals surface area contributed by atoms with Crippen LogP contribution in [0.2, 0.25) is 0 Å². The van der Waals surface area contributed by atoms with Gasteiger partial charge in [0.15, 0.2) is 5.78 Å². The molecule has 3 nitrogen and oxygen atoms in total. The average Bonchev–Trinajstić information content (AvgIpc) is 2.28. The SMILES string of the molecule is CCOc1ccc(C(C)=O)cc1CN(C)CC(F)(F)F. The number of halogens is 3. The van der Waals surface area contributed by atoms with Gasteiger partial charge < -0.3 is 4.74 Å². The highest BCUT2D eigenvalue weighted by Gasteiger charge is 2.29. The maximum Gasteiger partial charge on any atom is 0.401 e. The monoisotopic (exact) mass is 289 g/mol. The molecule has 0 saturated carbocycles. The Kier molecular flexibility index (Phi) is 5.56. The molecule has 0 bridgehead atoms. The zero-order valence-electron chi connectivity index (χ0n) is 11.8. The van der Waals surface area contributed by atoms with E-state index in [1.807, 2.05) is 0 Å². The standard InChI is InChI=1S/C14H18F3NO2/c1-4-20-13-6-5-11(10(2)19)7-12(13)8-18(3)9-14(15,16)17/h5-7H,4,8-9H2,1-3H3. The number of alkyl halides is 3. The number of nitrogens with zero attached hydrogens (tertiary/aromatic N) is 1. The second-order valence-electron chi connectivity index (χ2n) is 4.60. The normalized spacial score (nSPS) is 11.8. The second kappa shape index (κ2) is 6.74. The Morgan fingerprint density at radius 2 is 2.00 bits per heavy atom. The number of hydrogen-bond donors (Lipinski definition) is 0. The molecule has 0 N–H and O–H groups in total. The highest BCUT2D eigenvalue weighted by atomic mass is 19.4. The second-order valence-corrected chi connectivity index (χ2v) is 4.60. The van der Waals surface area contributed by atoms with Gasteiger partial charge in [0.25, 0.3) is 0 Å². The number of benzene rings is 1. The third-order valence-electron chi connectivity index (χ3n) is 2.66. The number of ketones is 1. The molecular weight excluding hydrogens is 271 g/mol. The molecule has 0 radical (unpaired) electrons. The molecule has 0 saturated heterocycles. The molecule has 1 aromatic rings. The van der Waals surface area contributed by atoms with E-state index < -0.39 is 12.7 Å². The predicted octanol–water partition coefficient (Wildman–Crippen LogP) is 3.28. The van der Waals surface area contributed by atoms with Crippen LogP contribution in [0, 0.1) is 0 Å². The van der Waals surface area contributed by atoms with E-state index in [2.05, 4.69) is 0 Å². The van der Waals surface area contributed by atoms with E-state index in [1.165, 1.54) is 14.0 Å². The van der Waals surface area contributed by atoms with Crippen molar-refractivity contribution in [1.82, 2.24) is 4.90 Å². The van der Waals surface area contributed by atoms with Gasteiger partial charge in [0.1, 0.15) is 5.75 Å². The Morgan fingerprint density at radius 1 is 1.35 bits per heavy atom. The van der Waals surface area contributed by atoms with Gasteiger partial charge in [0.05, 0.1) is 13.2 Å². The van der Waals surface area contributed by atoms with E-state index in [-0.39, 0.29) is 12.3 Å². The Morgan fingerprint density at radius 3 is 2.50 bits per heavy atom. The Labute approximate surface area is 116 Å². The first-order valence-electron chi connectivity index (χ1n) is 6.25. The third kappa shape index (κ3) is 5.21. The minimum Gasteiger partial charge on any atom is -0.494 e. The summed E-state index contributed by atoms with van der Waals surface area (Å²) in [6.07, 6.45) is -4.25. The summed E-state index contributed by atoms with van der Waals surface area (Å²) in [6.45, 7) is 2.68. The highest BCUT2D eigenvalue weighted by Crippen LogP contribution is 2.24. The molecule has 20 heavy (non-hydrogen) atoms. The van der Waals surface area contributed by atoms with Crippen LogP contribution in [0.4, 0.5) is 13.2 Å². The van der Waals surface area contributed by atoms with Crippen LogP contribution in [0.1, 0.15) is 29.8 Å². The van der Waals surface area contributed by atoms with Crippen molar-refractivity contribution in [3.63, 3.8) is 0 Å². The van der Waals surface area contributed by atoms with Crippen LogP contribution >= 0.6 is 0 Å². The van der Waals surface area contributed by atoms with Gasteiger partial charge in [-0.2, -0.15) is 13.2 Å². The van der Waals surface area contributed by atoms with E-state index in [0.717, 1.165) is 4.90 Å². The molecule has 0 atom stereocenters. The van der Waals surface area contributed by atoms with Crippen molar-refractivity contribution in [2.45, 2.75) is 26.6 Å². The molecule has 112 valence electrons. The minimum atomic E-state index is -4.25. The lowest BCUT2D eigenvalue weighted by Crippen LogP contribution is -2.30. The number of carbonyl (C=O) groups excluding carboxylic acids is 1. The Hall–Kier alpha value is -1.56. The molecule has 0 aliphatic rings. The first-order valence-corrected chi connectivity index (χ1v) is 6.25. The molecule has 6 heteroatoms. The molecule has 0 amide bonds. The van der Waals surface area contributed by atoms with Crippen LogP contribution < -0.4 is 4.74 Å². The summed E-state index contributed by atoms with van der Waals surface area (Å²) < 4.78 is 42.4. The summed E-state index contributed by atoms with van der Waals surface area (Å²) in [7, 11) is 1.38. The molecule has 0 spiro atoms. The molecule has 0 aromatic heterocycles. The molecule has 0 fully saturated rings. The summed E-state index contributed by atoms with van der Waals surface area (Å²) >= 11 is 0. The van der Waals surface area contributed by atoms with Crippen molar-refractivity contribution in [3.8, 4) is 5.75 Å². The largest absolute Gasteiger partial charge is 0.494 e. The van der Waals surface area contributed by atoms with Crippen LogP contribution in [0.25, 0.3) is 0 Å². The zero-order valence-corrected chi connectivity index (χ0v) is 11.8. The van der Waals surface area contributed by atoms with E-state index in [9.17, 15) is 18.0 Å². The van der Waals surface area contributed by atoms with Gasteiger partial charge in [-0.25, -0.2) is 0 Å². The van der Waals surface area contributed by atoms with Crippen LogP contribution in [0.15, 0.2) is 18.2 Å². The van der Waals surface area contributed by atoms with Crippen molar-refractivity contribution >= 4 is 5.78 Å². The van der Waals surface area contributed by atoms with Crippen molar-refractivity contribution < 1.29 is 22.7 Å². The summed E-state index contributed by atoms with van der Waals surface area (Å²) in [6, 6.07) is 4.82. The van der Waals surface area contributed by atoms with Crippen LogP contribution in [-0.2, 0) is 6.54 Å². The number of rotatable bonds is 6. The molecule has 1 rings (SSSR count). The van der Waals surface area contributed by atoms with Gasteiger partial charge in [0, 0.05) is 17.7 Å². The summed E-state index contributed by atoms with van der Waals surface area (Å²) in [5.74, 6) is 0.374. The smallest absolute Gasteiger partial charge is 0.401 e. The van der Waals surface area contributed by atoms with Gasteiger partial charge in [-0.1, -0.05) is 0 Å². The third-order valence-corrected chi connectivity index (χ3v) is 2.66. The van der Waals surface area contributed by atoms with E-state index in [4.69, 9.17) is 4.74 Å². The van der Waals surface area contributed by atoms with Gasteiger partial charge in [-0.3, -0.25) is 9.69 Å². The van der Waals surface area contributed by atoms with Crippen molar-refractivity contribution in [2.24, 2.45) is 0 Å². The lowest BCUT2D eigenvalue weighted by Gasteiger charge is -2.20. The first-order chi connectivity index (χ1) is 9.23. The molecule has 0 heterocycles. The molecule has 0 aliphatic heterocycles. The first kappa shape index (κ1) is 16.5. The number of hydrogen-bond acceptors (Lipinski definition) is 3. The van der Waals surface area contributed by atoms with E-state index >= 15 is 0 Å². The van der Waals surface area contributed by atoms with Crippen molar-refractivity contribution in [2.75, 3.05) is 20.2 Å². The van der Waals surface area contributed by atoms with Gasteiger partial charge in [0.2, 0.25) is 0 Å². The quantitative estimate of drug-likeness (QED) is 0.753. The van der Waals surface area contributed by atoms with Gasteiger partial charge in [-0.15, -0.1) is 0 Å². The maximum absolute atomic E-state index is 12.3. The number of ether oxygens (including phenoxy) is 1.